The van der Waals surface area contributed by atoms with Crippen LogP contribution in [0, 0.1) is 0 Å². The van der Waals surface area contributed by atoms with Crippen LogP contribution in [0.2, 0.25) is 0 Å². The van der Waals surface area contributed by atoms with E-state index in [1.54, 1.807) is 20.8 Å². The molecule has 1 unspecified atom stereocenters. The van der Waals surface area contributed by atoms with Crippen LogP contribution in [0.3, 0.4) is 0 Å². The van der Waals surface area contributed by atoms with Gasteiger partial charge in [-0.2, -0.15) is 13.2 Å². The van der Waals surface area contributed by atoms with Crippen molar-refractivity contribution in [2.24, 2.45) is 5.73 Å². The summed E-state index contributed by atoms with van der Waals surface area (Å²) in [4.78, 5) is 11.5. The summed E-state index contributed by atoms with van der Waals surface area (Å²) in [5.41, 5.74) is 4.47. The molecule has 1 atom stereocenters. The first-order chi connectivity index (χ1) is 8.99. The van der Waals surface area contributed by atoms with Crippen LogP contribution in [0.1, 0.15) is 32.4 Å². The van der Waals surface area contributed by atoms with Gasteiger partial charge in [0.2, 0.25) is 0 Å². The zero-order chi connectivity index (χ0) is 15.6. The number of nitrogens with one attached hydrogen (secondary N) is 1. The van der Waals surface area contributed by atoms with Gasteiger partial charge >= 0.3 is 12.3 Å². The number of hydrogen-bond donors (Lipinski definition) is 2. The number of nitrogens with two attached hydrogens (primary N) is 1. The quantitative estimate of drug-likeness (QED) is 0.874. The number of rotatable bonds is 2. The number of ether oxygens (including phenoxy) is 1. The third kappa shape index (κ3) is 5.08. The van der Waals surface area contributed by atoms with Crippen LogP contribution < -0.4 is 11.1 Å². The fraction of sp³-hybridized carbons (Fsp3) is 0.462. The first kappa shape index (κ1) is 16.3. The molecule has 0 aromatic heterocycles. The van der Waals surface area contributed by atoms with Gasteiger partial charge in [-0.3, -0.25) is 5.32 Å². The third-order valence-electron chi connectivity index (χ3n) is 2.24. The Morgan fingerprint density at radius 2 is 1.90 bits per heavy atom. The number of amides is 1. The molecule has 0 aliphatic heterocycles. The van der Waals surface area contributed by atoms with E-state index in [0.717, 1.165) is 0 Å². The first-order valence-electron chi connectivity index (χ1n) is 5.91. The van der Waals surface area contributed by atoms with Crippen LogP contribution in [0.5, 0.6) is 0 Å². The standard InChI is InChI=1S/C13H17F3N2O2/c1-12(2,3)20-11(19)18-9-6-4-5-8(7-9)10(17)13(14,15)16/h4-7,10H,17H2,1-3H3,(H,18,19). The molecule has 0 spiro atoms. The van der Waals surface area contributed by atoms with Gasteiger partial charge in [-0.05, 0) is 38.5 Å². The van der Waals surface area contributed by atoms with E-state index in [9.17, 15) is 18.0 Å². The Balaban J connectivity index is 2.82. The Labute approximate surface area is 115 Å². The van der Waals surface area contributed by atoms with Crippen molar-refractivity contribution in [2.75, 3.05) is 5.32 Å². The van der Waals surface area contributed by atoms with Crippen molar-refractivity contribution in [2.45, 2.75) is 38.6 Å². The number of carbonyl (C=O) groups is 1. The lowest BCUT2D eigenvalue weighted by Gasteiger charge is -2.20. The van der Waals surface area contributed by atoms with E-state index in [0.29, 0.717) is 0 Å². The Hall–Kier alpha value is -1.76. The summed E-state index contributed by atoms with van der Waals surface area (Å²) in [6.07, 6.45) is -5.28. The van der Waals surface area contributed by atoms with E-state index >= 15 is 0 Å². The number of alkyl halides is 3. The topological polar surface area (TPSA) is 64.3 Å². The number of hydrogen-bond acceptors (Lipinski definition) is 3. The van der Waals surface area contributed by atoms with E-state index in [2.05, 4.69) is 5.32 Å². The van der Waals surface area contributed by atoms with Gasteiger partial charge in [0.05, 0.1) is 0 Å². The molecule has 0 aliphatic carbocycles. The molecule has 0 saturated carbocycles. The minimum atomic E-state index is -4.54. The summed E-state index contributed by atoms with van der Waals surface area (Å²) >= 11 is 0. The van der Waals surface area contributed by atoms with E-state index in [1.165, 1.54) is 24.3 Å². The van der Waals surface area contributed by atoms with Crippen molar-refractivity contribution in [1.29, 1.82) is 0 Å². The second-order valence-electron chi connectivity index (χ2n) is 5.27. The molecule has 4 nitrogen and oxygen atoms in total. The summed E-state index contributed by atoms with van der Waals surface area (Å²) < 4.78 is 42.5. The zero-order valence-electron chi connectivity index (χ0n) is 11.4. The Morgan fingerprint density at radius 3 is 2.40 bits per heavy atom. The van der Waals surface area contributed by atoms with Crippen molar-refractivity contribution in [3.05, 3.63) is 29.8 Å². The molecule has 0 saturated heterocycles. The van der Waals surface area contributed by atoms with Crippen molar-refractivity contribution in [1.82, 2.24) is 0 Å². The van der Waals surface area contributed by atoms with E-state index in [1.807, 2.05) is 0 Å². The average Bonchev–Trinajstić information content (AvgIpc) is 2.24. The highest BCUT2D eigenvalue weighted by Crippen LogP contribution is 2.31. The Morgan fingerprint density at radius 1 is 1.30 bits per heavy atom. The van der Waals surface area contributed by atoms with Gasteiger partial charge in [0, 0.05) is 5.69 Å². The molecule has 1 aromatic rings. The molecule has 0 heterocycles. The molecular formula is C13H17F3N2O2. The minimum Gasteiger partial charge on any atom is -0.444 e. The minimum absolute atomic E-state index is 0.133. The molecule has 0 bridgehead atoms. The zero-order valence-corrected chi connectivity index (χ0v) is 11.4. The first-order valence-corrected chi connectivity index (χ1v) is 5.91. The smallest absolute Gasteiger partial charge is 0.412 e. The summed E-state index contributed by atoms with van der Waals surface area (Å²) in [6.45, 7) is 5.05. The van der Waals surface area contributed by atoms with Crippen LogP contribution in [0.15, 0.2) is 24.3 Å². The largest absolute Gasteiger partial charge is 0.444 e. The van der Waals surface area contributed by atoms with Crippen LogP contribution >= 0.6 is 0 Å². The van der Waals surface area contributed by atoms with Gasteiger partial charge in [0.15, 0.2) is 0 Å². The molecule has 1 rings (SSSR count). The summed E-state index contributed by atoms with van der Waals surface area (Å²) in [7, 11) is 0. The summed E-state index contributed by atoms with van der Waals surface area (Å²) in [6, 6.07) is 3.16. The molecule has 3 N–H and O–H groups in total. The number of anilines is 1. The van der Waals surface area contributed by atoms with Crippen LogP contribution in [-0.2, 0) is 4.74 Å². The number of benzene rings is 1. The second kappa shape index (κ2) is 5.70. The van der Waals surface area contributed by atoms with E-state index < -0.39 is 23.9 Å². The van der Waals surface area contributed by atoms with Gasteiger partial charge in [0.1, 0.15) is 11.6 Å². The lowest BCUT2D eigenvalue weighted by molar-refractivity contribution is -0.149. The fourth-order valence-corrected chi connectivity index (χ4v) is 1.42. The van der Waals surface area contributed by atoms with Crippen molar-refractivity contribution >= 4 is 11.8 Å². The van der Waals surface area contributed by atoms with Crippen molar-refractivity contribution < 1.29 is 22.7 Å². The summed E-state index contributed by atoms with van der Waals surface area (Å²) in [5, 5.41) is 2.36. The number of halogens is 3. The molecule has 1 amide bonds. The second-order valence-corrected chi connectivity index (χ2v) is 5.27. The third-order valence-corrected chi connectivity index (χ3v) is 2.24. The van der Waals surface area contributed by atoms with Gasteiger partial charge < -0.3 is 10.5 Å². The van der Waals surface area contributed by atoms with Crippen LogP contribution in [0.25, 0.3) is 0 Å². The molecular weight excluding hydrogens is 273 g/mol. The molecule has 0 radical (unpaired) electrons. The predicted molar refractivity (Wildman–Crippen MR) is 69.3 cm³/mol. The molecule has 20 heavy (non-hydrogen) atoms. The van der Waals surface area contributed by atoms with Crippen LogP contribution in [-0.4, -0.2) is 17.9 Å². The van der Waals surface area contributed by atoms with Gasteiger partial charge in [0.25, 0.3) is 0 Å². The molecule has 7 heteroatoms. The highest BCUT2D eigenvalue weighted by atomic mass is 19.4. The monoisotopic (exact) mass is 290 g/mol. The van der Waals surface area contributed by atoms with Crippen molar-refractivity contribution in [3.8, 4) is 0 Å². The highest BCUT2D eigenvalue weighted by molar-refractivity contribution is 5.84. The maximum atomic E-state index is 12.5. The van der Waals surface area contributed by atoms with E-state index in [4.69, 9.17) is 10.5 Å². The molecule has 0 aliphatic rings. The number of carbonyl (C=O) groups excluding carboxylic acids is 1. The van der Waals surface area contributed by atoms with Crippen molar-refractivity contribution in [3.63, 3.8) is 0 Å². The Kier molecular flexibility index (Phi) is 4.65. The predicted octanol–water partition coefficient (Wildman–Crippen LogP) is 3.60. The maximum absolute atomic E-state index is 12.5. The summed E-state index contributed by atoms with van der Waals surface area (Å²) in [5.74, 6) is 0. The maximum Gasteiger partial charge on any atom is 0.412 e. The SMILES string of the molecule is CC(C)(C)OC(=O)Nc1cccc(C(N)C(F)(F)F)c1. The molecule has 0 fully saturated rings. The average molecular weight is 290 g/mol. The normalized spacial score (nSPS) is 13.8. The molecule has 112 valence electrons. The lowest BCUT2D eigenvalue weighted by atomic mass is 10.1. The van der Waals surface area contributed by atoms with Gasteiger partial charge in [-0.25, -0.2) is 4.79 Å². The van der Waals surface area contributed by atoms with Crippen LogP contribution in [0.4, 0.5) is 23.7 Å². The lowest BCUT2D eigenvalue weighted by Crippen LogP contribution is -2.29. The Bertz CT molecular complexity index is 481. The fourth-order valence-electron chi connectivity index (χ4n) is 1.42. The highest BCUT2D eigenvalue weighted by Gasteiger charge is 2.37. The van der Waals surface area contributed by atoms with E-state index in [-0.39, 0.29) is 11.3 Å². The van der Waals surface area contributed by atoms with Gasteiger partial charge in [-0.15, -0.1) is 0 Å². The van der Waals surface area contributed by atoms with Gasteiger partial charge in [-0.1, -0.05) is 12.1 Å². The molecule has 1 aromatic carbocycles.